The summed E-state index contributed by atoms with van der Waals surface area (Å²) >= 11 is 0. The molecule has 1 atom stereocenters. The Bertz CT molecular complexity index is 1010. The van der Waals surface area contributed by atoms with Gasteiger partial charge >= 0.3 is 5.97 Å². The van der Waals surface area contributed by atoms with Crippen molar-refractivity contribution in [1.82, 2.24) is 5.32 Å². The summed E-state index contributed by atoms with van der Waals surface area (Å²) < 4.78 is 9.76. The average molecular weight is 378 g/mol. The van der Waals surface area contributed by atoms with Crippen LogP contribution in [0.15, 0.2) is 60.7 Å². The summed E-state index contributed by atoms with van der Waals surface area (Å²) in [5.74, 6) is -0.979. The van der Waals surface area contributed by atoms with E-state index in [9.17, 15) is 9.59 Å². The number of anilines is 1. The maximum Gasteiger partial charge on any atom is 0.330 e. The number of ether oxygens (including phenoxy) is 2. The smallest absolute Gasteiger partial charge is 0.330 e. The minimum Gasteiger partial charge on any atom is -0.467 e. The number of carbonyl (C=O) groups excluding carboxylic acids is 2. The van der Waals surface area contributed by atoms with E-state index in [1.165, 1.54) is 14.2 Å². The molecule has 3 N–H and O–H groups in total. The molecule has 0 aliphatic rings. The van der Waals surface area contributed by atoms with Crippen molar-refractivity contribution < 1.29 is 19.1 Å². The number of hydrogen-bond acceptors (Lipinski definition) is 5. The summed E-state index contributed by atoms with van der Waals surface area (Å²) in [6, 6.07) is 18.0. The zero-order chi connectivity index (χ0) is 20.1. The second-order valence-corrected chi connectivity index (χ2v) is 6.34. The second kappa shape index (κ2) is 8.54. The van der Waals surface area contributed by atoms with Crippen molar-refractivity contribution in [3.05, 3.63) is 66.2 Å². The number of nitrogen functional groups attached to an aromatic ring is 1. The monoisotopic (exact) mass is 378 g/mol. The van der Waals surface area contributed by atoms with Crippen LogP contribution in [-0.2, 0) is 14.3 Å². The van der Waals surface area contributed by atoms with Gasteiger partial charge < -0.3 is 20.5 Å². The zero-order valence-electron chi connectivity index (χ0n) is 15.8. The van der Waals surface area contributed by atoms with Gasteiger partial charge in [0.05, 0.1) is 13.7 Å². The minimum absolute atomic E-state index is 0.0109. The summed E-state index contributed by atoms with van der Waals surface area (Å²) in [7, 11) is 2.72. The van der Waals surface area contributed by atoms with Crippen LogP contribution in [0.1, 0.15) is 10.4 Å². The Labute approximate surface area is 163 Å². The maximum atomic E-state index is 13.0. The van der Waals surface area contributed by atoms with Crippen molar-refractivity contribution in [3.8, 4) is 11.1 Å². The van der Waals surface area contributed by atoms with Gasteiger partial charge in [-0.3, -0.25) is 4.79 Å². The number of amides is 1. The number of rotatable bonds is 6. The van der Waals surface area contributed by atoms with Crippen LogP contribution in [0.3, 0.4) is 0 Å². The van der Waals surface area contributed by atoms with Gasteiger partial charge in [-0.15, -0.1) is 0 Å². The van der Waals surface area contributed by atoms with Crippen molar-refractivity contribution in [2.75, 3.05) is 26.6 Å². The molecule has 0 bridgehead atoms. The van der Waals surface area contributed by atoms with E-state index in [1.54, 1.807) is 18.2 Å². The number of benzene rings is 3. The van der Waals surface area contributed by atoms with Crippen molar-refractivity contribution >= 4 is 28.3 Å². The van der Waals surface area contributed by atoms with Crippen LogP contribution in [0, 0.1) is 0 Å². The highest BCUT2D eigenvalue weighted by atomic mass is 16.5. The molecule has 144 valence electrons. The highest BCUT2D eigenvalue weighted by molar-refractivity contribution is 6.07. The van der Waals surface area contributed by atoms with Crippen molar-refractivity contribution in [1.29, 1.82) is 0 Å². The predicted octanol–water partition coefficient (Wildman–Crippen LogP) is 3.01. The Hall–Kier alpha value is -3.38. The van der Waals surface area contributed by atoms with Crippen molar-refractivity contribution in [3.63, 3.8) is 0 Å². The Morgan fingerprint density at radius 3 is 2.50 bits per heavy atom. The molecule has 0 fully saturated rings. The third-order valence-corrected chi connectivity index (χ3v) is 4.49. The lowest BCUT2D eigenvalue weighted by Gasteiger charge is -2.18. The molecule has 0 spiro atoms. The van der Waals surface area contributed by atoms with E-state index < -0.39 is 17.9 Å². The van der Waals surface area contributed by atoms with E-state index in [4.69, 9.17) is 15.2 Å². The number of nitrogens with one attached hydrogen (secondary N) is 1. The van der Waals surface area contributed by atoms with E-state index >= 15 is 0 Å². The van der Waals surface area contributed by atoms with Crippen LogP contribution in [0.5, 0.6) is 0 Å². The summed E-state index contributed by atoms with van der Waals surface area (Å²) in [4.78, 5) is 24.9. The van der Waals surface area contributed by atoms with Gasteiger partial charge in [-0.1, -0.05) is 42.5 Å². The third-order valence-electron chi connectivity index (χ3n) is 4.49. The van der Waals surface area contributed by atoms with E-state index in [1.807, 2.05) is 42.5 Å². The van der Waals surface area contributed by atoms with E-state index in [-0.39, 0.29) is 6.61 Å². The molecule has 0 aliphatic heterocycles. The third kappa shape index (κ3) is 3.97. The molecule has 0 aliphatic carbocycles. The first-order chi connectivity index (χ1) is 13.5. The molecule has 3 aromatic carbocycles. The molecular weight excluding hydrogens is 356 g/mol. The number of fused-ring (bicyclic) bond motifs is 1. The standard InChI is InChI=1S/C22H22N2O4/c1-27-13-20(22(26)28-2)24-21(25)18-11-10-15(23)12-19(18)17-9-5-7-14-6-3-4-8-16(14)17/h3-12,20H,13,23H2,1-2H3,(H,24,25). The molecule has 0 saturated carbocycles. The molecule has 0 saturated heterocycles. The highest BCUT2D eigenvalue weighted by Gasteiger charge is 2.24. The average Bonchev–Trinajstić information content (AvgIpc) is 2.72. The zero-order valence-corrected chi connectivity index (χ0v) is 15.8. The SMILES string of the molecule is COCC(NC(=O)c1ccc(N)cc1-c1cccc2ccccc12)C(=O)OC. The van der Waals surface area contributed by atoms with Gasteiger partial charge in [0.15, 0.2) is 6.04 Å². The Morgan fingerprint density at radius 1 is 1.00 bits per heavy atom. The molecule has 3 rings (SSSR count). The molecule has 3 aromatic rings. The van der Waals surface area contributed by atoms with Gasteiger partial charge in [-0.25, -0.2) is 4.79 Å². The van der Waals surface area contributed by atoms with Crippen LogP contribution in [0.2, 0.25) is 0 Å². The van der Waals surface area contributed by atoms with Crippen LogP contribution in [0.25, 0.3) is 21.9 Å². The van der Waals surface area contributed by atoms with E-state index in [0.717, 1.165) is 16.3 Å². The summed E-state index contributed by atoms with van der Waals surface area (Å²) in [5, 5.41) is 4.75. The number of carbonyl (C=O) groups is 2. The predicted molar refractivity (Wildman–Crippen MR) is 109 cm³/mol. The van der Waals surface area contributed by atoms with Crippen LogP contribution >= 0.6 is 0 Å². The fourth-order valence-corrected chi connectivity index (χ4v) is 3.16. The molecule has 6 heteroatoms. The first-order valence-electron chi connectivity index (χ1n) is 8.80. The van der Waals surface area contributed by atoms with Crippen molar-refractivity contribution in [2.24, 2.45) is 0 Å². The second-order valence-electron chi connectivity index (χ2n) is 6.34. The Morgan fingerprint density at radius 2 is 1.75 bits per heavy atom. The van der Waals surface area contributed by atoms with Gasteiger partial charge in [0, 0.05) is 18.4 Å². The van der Waals surface area contributed by atoms with Crippen LogP contribution < -0.4 is 11.1 Å². The van der Waals surface area contributed by atoms with Crippen LogP contribution in [0.4, 0.5) is 5.69 Å². The summed E-state index contributed by atoms with van der Waals surface area (Å²) in [6.07, 6.45) is 0. The largest absolute Gasteiger partial charge is 0.467 e. The maximum absolute atomic E-state index is 13.0. The lowest BCUT2D eigenvalue weighted by atomic mass is 9.93. The first kappa shape index (κ1) is 19.4. The number of nitrogens with two attached hydrogens (primary N) is 1. The van der Waals surface area contributed by atoms with Gasteiger partial charge in [-0.05, 0) is 40.1 Å². The summed E-state index contributed by atoms with van der Waals surface area (Å²) in [5.41, 5.74) is 8.53. The quantitative estimate of drug-likeness (QED) is 0.508. The van der Waals surface area contributed by atoms with Gasteiger partial charge in [0.2, 0.25) is 0 Å². The molecule has 6 nitrogen and oxygen atoms in total. The van der Waals surface area contributed by atoms with Gasteiger partial charge in [-0.2, -0.15) is 0 Å². The molecule has 0 aromatic heterocycles. The fraction of sp³-hybridized carbons (Fsp3) is 0.182. The normalized spacial score (nSPS) is 11.8. The van der Waals surface area contributed by atoms with E-state index in [0.29, 0.717) is 16.8 Å². The van der Waals surface area contributed by atoms with Crippen LogP contribution in [-0.4, -0.2) is 38.7 Å². The Kier molecular flexibility index (Phi) is 5.91. The number of methoxy groups -OCH3 is 2. The molecular formula is C22H22N2O4. The van der Waals surface area contributed by atoms with E-state index in [2.05, 4.69) is 5.32 Å². The fourth-order valence-electron chi connectivity index (χ4n) is 3.16. The molecule has 28 heavy (non-hydrogen) atoms. The lowest BCUT2D eigenvalue weighted by Crippen LogP contribution is -2.44. The van der Waals surface area contributed by atoms with Gasteiger partial charge in [0.25, 0.3) is 5.91 Å². The van der Waals surface area contributed by atoms with Crippen molar-refractivity contribution in [2.45, 2.75) is 6.04 Å². The molecule has 0 heterocycles. The Balaban J connectivity index is 2.06. The lowest BCUT2D eigenvalue weighted by molar-refractivity contribution is -0.144. The first-order valence-corrected chi connectivity index (χ1v) is 8.80. The topological polar surface area (TPSA) is 90.6 Å². The molecule has 1 amide bonds. The molecule has 1 unspecified atom stereocenters. The summed E-state index contributed by atoms with van der Waals surface area (Å²) in [6.45, 7) is 0.0109. The number of hydrogen-bond donors (Lipinski definition) is 2. The molecule has 0 radical (unpaired) electrons. The minimum atomic E-state index is -0.902. The highest BCUT2D eigenvalue weighted by Crippen LogP contribution is 2.32. The number of esters is 1. The van der Waals surface area contributed by atoms with Gasteiger partial charge in [0.1, 0.15) is 0 Å².